The lowest BCUT2D eigenvalue weighted by Crippen LogP contribution is -2.24. The third-order valence-electron chi connectivity index (χ3n) is 3.24. The van der Waals surface area contributed by atoms with Crippen LogP contribution in [0.5, 0.6) is 0 Å². The number of hydrogen-bond acceptors (Lipinski definition) is 3. The minimum absolute atomic E-state index is 0.0230. The summed E-state index contributed by atoms with van der Waals surface area (Å²) in [6.07, 6.45) is 0.704. The lowest BCUT2D eigenvalue weighted by atomic mass is 9.95. The van der Waals surface area contributed by atoms with Gasteiger partial charge in [0.15, 0.2) is 0 Å². The molecule has 0 amide bonds. The molecule has 1 heterocycles. The summed E-state index contributed by atoms with van der Waals surface area (Å²) in [4.78, 5) is 1.05. The summed E-state index contributed by atoms with van der Waals surface area (Å²) in [7, 11) is 0. The summed E-state index contributed by atoms with van der Waals surface area (Å²) in [5.41, 5.74) is 5.69. The summed E-state index contributed by atoms with van der Waals surface area (Å²) < 4.78 is 0. The molecule has 72 valence electrons. The predicted molar refractivity (Wildman–Crippen MR) is 54.5 cm³/mol. The molecule has 13 heavy (non-hydrogen) atoms. The van der Waals surface area contributed by atoms with E-state index in [0.717, 1.165) is 11.3 Å². The second-order valence-corrected chi connectivity index (χ2v) is 4.94. The predicted octanol–water partition coefficient (Wildman–Crippen LogP) is 1.77. The Morgan fingerprint density at radius 1 is 1.85 bits per heavy atom. The van der Waals surface area contributed by atoms with Crippen LogP contribution < -0.4 is 5.73 Å². The fourth-order valence-electron chi connectivity index (χ4n) is 2.02. The van der Waals surface area contributed by atoms with Crippen molar-refractivity contribution in [3.63, 3.8) is 0 Å². The second kappa shape index (κ2) is 3.08. The first kappa shape index (κ1) is 9.19. The minimum atomic E-state index is -0.354. The summed E-state index contributed by atoms with van der Waals surface area (Å²) in [5, 5.41) is 12.1. The summed E-state index contributed by atoms with van der Waals surface area (Å²) in [5.74, 6) is 0.564. The minimum Gasteiger partial charge on any atom is -0.387 e. The Hall–Kier alpha value is -0.380. The molecule has 2 nitrogen and oxygen atoms in total. The van der Waals surface area contributed by atoms with Gasteiger partial charge in [-0.15, -0.1) is 11.3 Å². The molecule has 1 aliphatic carbocycles. The van der Waals surface area contributed by atoms with Gasteiger partial charge in [0, 0.05) is 16.8 Å². The van der Waals surface area contributed by atoms with Crippen LogP contribution in [0.25, 0.3) is 0 Å². The van der Waals surface area contributed by atoms with E-state index in [1.165, 1.54) is 0 Å². The van der Waals surface area contributed by atoms with Gasteiger partial charge in [-0.1, -0.05) is 13.0 Å². The monoisotopic (exact) mass is 197 g/mol. The number of aliphatic hydroxyl groups is 1. The normalized spacial score (nSPS) is 34.5. The van der Waals surface area contributed by atoms with E-state index in [4.69, 9.17) is 5.73 Å². The first-order chi connectivity index (χ1) is 6.20. The van der Waals surface area contributed by atoms with E-state index in [1.807, 2.05) is 17.5 Å². The van der Waals surface area contributed by atoms with Crippen LogP contribution in [-0.4, -0.2) is 11.7 Å². The van der Waals surface area contributed by atoms with Gasteiger partial charge in [-0.25, -0.2) is 0 Å². The Kier molecular flexibility index (Phi) is 2.18. The van der Waals surface area contributed by atoms with E-state index in [2.05, 4.69) is 6.92 Å². The van der Waals surface area contributed by atoms with Gasteiger partial charge in [-0.05, 0) is 23.8 Å². The quantitative estimate of drug-likeness (QED) is 0.775. The van der Waals surface area contributed by atoms with Crippen molar-refractivity contribution in [3.05, 3.63) is 22.4 Å². The van der Waals surface area contributed by atoms with Crippen molar-refractivity contribution in [3.8, 4) is 0 Å². The average molecular weight is 197 g/mol. The van der Waals surface area contributed by atoms with Gasteiger partial charge >= 0.3 is 0 Å². The Bertz CT molecular complexity index is 281. The number of nitrogens with two attached hydrogens (primary N) is 1. The molecule has 1 aromatic rings. The molecule has 3 heteroatoms. The van der Waals surface area contributed by atoms with Gasteiger partial charge in [0.25, 0.3) is 0 Å². The van der Waals surface area contributed by atoms with Crippen molar-refractivity contribution in [2.75, 3.05) is 6.54 Å². The van der Waals surface area contributed by atoms with Crippen LogP contribution >= 0.6 is 11.3 Å². The maximum absolute atomic E-state index is 10.1. The van der Waals surface area contributed by atoms with Crippen LogP contribution in [0.1, 0.15) is 24.3 Å². The van der Waals surface area contributed by atoms with Gasteiger partial charge in [0.1, 0.15) is 0 Å². The molecule has 0 spiro atoms. The molecule has 0 bridgehead atoms. The largest absolute Gasteiger partial charge is 0.387 e. The van der Waals surface area contributed by atoms with E-state index in [9.17, 15) is 5.11 Å². The lowest BCUT2D eigenvalue weighted by molar-refractivity contribution is 0.0922. The molecule has 1 aliphatic rings. The molecule has 0 aliphatic heterocycles. The molecule has 3 N–H and O–H groups in total. The molecular weight excluding hydrogens is 182 g/mol. The Morgan fingerprint density at radius 2 is 2.54 bits per heavy atom. The number of aliphatic hydroxyl groups excluding tert-OH is 1. The summed E-state index contributed by atoms with van der Waals surface area (Å²) in [6.45, 7) is 2.75. The highest BCUT2D eigenvalue weighted by atomic mass is 32.1. The van der Waals surface area contributed by atoms with E-state index in [-0.39, 0.29) is 11.5 Å². The van der Waals surface area contributed by atoms with E-state index < -0.39 is 0 Å². The molecule has 1 saturated carbocycles. The van der Waals surface area contributed by atoms with E-state index >= 15 is 0 Å². The molecule has 1 aromatic heterocycles. The smallest absolute Gasteiger partial charge is 0.0952 e. The van der Waals surface area contributed by atoms with Crippen LogP contribution in [-0.2, 0) is 0 Å². The fourth-order valence-corrected chi connectivity index (χ4v) is 2.85. The summed E-state index contributed by atoms with van der Waals surface area (Å²) in [6, 6.07) is 3.96. The highest BCUT2D eigenvalue weighted by molar-refractivity contribution is 7.10. The molecule has 3 atom stereocenters. The molecule has 2 rings (SSSR count). The Morgan fingerprint density at radius 3 is 2.92 bits per heavy atom. The lowest BCUT2D eigenvalue weighted by Gasteiger charge is -2.20. The van der Waals surface area contributed by atoms with Crippen molar-refractivity contribution in [2.24, 2.45) is 17.1 Å². The fraction of sp³-hybridized carbons (Fsp3) is 0.600. The first-order valence-corrected chi connectivity index (χ1v) is 5.50. The van der Waals surface area contributed by atoms with E-state index in [0.29, 0.717) is 12.5 Å². The SMILES string of the molecule is C[C@@H]1C[C@@]1(CN)[C@H](O)c1cccs1. The maximum atomic E-state index is 10.1. The second-order valence-electron chi connectivity index (χ2n) is 3.96. The zero-order valence-electron chi connectivity index (χ0n) is 7.73. The standard InChI is InChI=1S/C10H15NOS/c1-7-5-10(7,6-11)9(12)8-3-2-4-13-8/h2-4,7,9,12H,5-6,11H2,1H3/t7-,9-,10+/m1/s1. The van der Waals surface area contributed by atoms with Gasteiger partial charge in [0.05, 0.1) is 6.10 Å². The van der Waals surface area contributed by atoms with Crippen molar-refractivity contribution < 1.29 is 5.11 Å². The number of hydrogen-bond donors (Lipinski definition) is 2. The van der Waals surface area contributed by atoms with Crippen LogP contribution in [0.3, 0.4) is 0 Å². The zero-order chi connectivity index (χ0) is 9.47. The number of thiophene rings is 1. The summed E-state index contributed by atoms with van der Waals surface area (Å²) >= 11 is 1.61. The van der Waals surface area contributed by atoms with Gasteiger partial charge in [-0.3, -0.25) is 0 Å². The topological polar surface area (TPSA) is 46.2 Å². The van der Waals surface area contributed by atoms with Gasteiger partial charge in [-0.2, -0.15) is 0 Å². The molecule has 1 fully saturated rings. The van der Waals surface area contributed by atoms with Crippen molar-refractivity contribution in [1.29, 1.82) is 0 Å². The Balaban J connectivity index is 2.18. The van der Waals surface area contributed by atoms with Crippen LogP contribution in [0, 0.1) is 11.3 Å². The first-order valence-electron chi connectivity index (χ1n) is 4.62. The molecule has 0 radical (unpaired) electrons. The van der Waals surface area contributed by atoms with Crippen LogP contribution in [0.2, 0.25) is 0 Å². The van der Waals surface area contributed by atoms with Crippen molar-refractivity contribution in [1.82, 2.24) is 0 Å². The van der Waals surface area contributed by atoms with Gasteiger partial charge < -0.3 is 10.8 Å². The number of rotatable bonds is 3. The molecule has 0 aromatic carbocycles. The average Bonchev–Trinajstić information content (AvgIpc) is 2.62. The molecular formula is C10H15NOS. The Labute approximate surface area is 82.4 Å². The van der Waals surface area contributed by atoms with Crippen LogP contribution in [0.4, 0.5) is 0 Å². The van der Waals surface area contributed by atoms with E-state index in [1.54, 1.807) is 11.3 Å². The zero-order valence-corrected chi connectivity index (χ0v) is 8.55. The third-order valence-corrected chi connectivity index (χ3v) is 4.17. The van der Waals surface area contributed by atoms with Gasteiger partial charge in [0.2, 0.25) is 0 Å². The van der Waals surface area contributed by atoms with Crippen molar-refractivity contribution >= 4 is 11.3 Å². The van der Waals surface area contributed by atoms with Crippen LogP contribution in [0.15, 0.2) is 17.5 Å². The molecule has 0 saturated heterocycles. The molecule has 0 unspecified atom stereocenters. The third kappa shape index (κ3) is 1.31. The van der Waals surface area contributed by atoms with Crippen molar-refractivity contribution in [2.45, 2.75) is 19.4 Å². The highest BCUT2D eigenvalue weighted by Crippen LogP contribution is 2.59. The maximum Gasteiger partial charge on any atom is 0.0952 e. The highest BCUT2D eigenvalue weighted by Gasteiger charge is 2.55.